The summed E-state index contributed by atoms with van der Waals surface area (Å²) in [5.74, 6) is -2.94. The summed E-state index contributed by atoms with van der Waals surface area (Å²) in [6, 6.07) is 5.28. The van der Waals surface area contributed by atoms with Gasteiger partial charge in [0.2, 0.25) is 5.91 Å². The van der Waals surface area contributed by atoms with Gasteiger partial charge < -0.3 is 25.0 Å². The molecule has 0 spiro atoms. The summed E-state index contributed by atoms with van der Waals surface area (Å²) in [7, 11) is 3.61. The van der Waals surface area contributed by atoms with E-state index in [1.54, 1.807) is 37.2 Å². The quantitative estimate of drug-likeness (QED) is 0.467. The van der Waals surface area contributed by atoms with Crippen LogP contribution in [-0.4, -0.2) is 49.2 Å². The van der Waals surface area contributed by atoms with Crippen LogP contribution in [0.1, 0.15) is 19.4 Å². The average molecular weight is 361 g/mol. The first-order valence-electron chi connectivity index (χ1n) is 8.06. The van der Waals surface area contributed by atoms with Crippen molar-refractivity contribution in [3.8, 4) is 0 Å². The summed E-state index contributed by atoms with van der Waals surface area (Å²) >= 11 is 0. The number of hydrogen-bond donors (Lipinski definition) is 2. The molecule has 0 unspecified atom stereocenters. The highest BCUT2D eigenvalue weighted by molar-refractivity contribution is 6.15. The summed E-state index contributed by atoms with van der Waals surface area (Å²) in [6.45, 7) is 5.04. The number of esters is 2. The maximum absolute atomic E-state index is 11.9. The Balaban J connectivity index is 2.15. The number of cyclic esters (lactones) is 2. The van der Waals surface area contributed by atoms with Crippen molar-refractivity contribution in [3.63, 3.8) is 0 Å². The molecule has 1 aliphatic rings. The number of amides is 1. The lowest BCUT2D eigenvalue weighted by Gasteiger charge is -2.29. The van der Waals surface area contributed by atoms with Gasteiger partial charge in [-0.25, -0.2) is 9.59 Å². The number of anilines is 2. The Morgan fingerprint density at radius 1 is 1.15 bits per heavy atom. The molecule has 1 aromatic carbocycles. The van der Waals surface area contributed by atoms with Crippen LogP contribution in [0.5, 0.6) is 0 Å². The number of carbonyl (C=O) groups is 3. The van der Waals surface area contributed by atoms with Crippen molar-refractivity contribution < 1.29 is 23.9 Å². The van der Waals surface area contributed by atoms with E-state index in [0.29, 0.717) is 11.4 Å². The van der Waals surface area contributed by atoms with Crippen LogP contribution in [0, 0.1) is 6.92 Å². The van der Waals surface area contributed by atoms with Gasteiger partial charge in [-0.1, -0.05) is 6.07 Å². The number of nitrogens with one attached hydrogen (secondary N) is 2. The van der Waals surface area contributed by atoms with E-state index >= 15 is 0 Å². The Morgan fingerprint density at radius 2 is 1.73 bits per heavy atom. The molecule has 0 saturated carbocycles. The van der Waals surface area contributed by atoms with Gasteiger partial charge in [-0.05, 0) is 38.7 Å². The Kier molecular flexibility index (Phi) is 5.66. The Hall–Kier alpha value is -2.87. The molecule has 8 heteroatoms. The van der Waals surface area contributed by atoms with Crippen LogP contribution in [0.25, 0.3) is 0 Å². The highest BCUT2D eigenvalue weighted by atomic mass is 16.7. The fraction of sp³-hybridized carbons (Fsp3) is 0.389. The van der Waals surface area contributed by atoms with Gasteiger partial charge in [-0.15, -0.1) is 0 Å². The van der Waals surface area contributed by atoms with Crippen LogP contribution in [0.2, 0.25) is 0 Å². The number of ether oxygens (including phenoxy) is 2. The van der Waals surface area contributed by atoms with Crippen molar-refractivity contribution in [2.75, 3.05) is 31.3 Å². The molecule has 0 radical (unpaired) electrons. The lowest BCUT2D eigenvalue weighted by Crippen LogP contribution is -2.42. The number of hydrogen-bond acceptors (Lipinski definition) is 7. The average Bonchev–Trinajstić information content (AvgIpc) is 2.47. The zero-order valence-electron chi connectivity index (χ0n) is 15.5. The predicted molar refractivity (Wildman–Crippen MR) is 96.3 cm³/mol. The van der Waals surface area contributed by atoms with E-state index in [9.17, 15) is 14.4 Å². The van der Waals surface area contributed by atoms with Crippen molar-refractivity contribution >= 4 is 29.2 Å². The zero-order chi connectivity index (χ0) is 19.5. The zero-order valence-corrected chi connectivity index (χ0v) is 15.5. The third-order valence-corrected chi connectivity index (χ3v) is 3.56. The molecule has 1 aliphatic heterocycles. The van der Waals surface area contributed by atoms with Gasteiger partial charge in [-0.2, -0.15) is 0 Å². The first-order chi connectivity index (χ1) is 12.1. The SMILES string of the molecule is Cc1c(NC=C2C(=O)OC(C)(C)OC2=O)cccc1NC(=O)CN(C)C. The van der Waals surface area contributed by atoms with Gasteiger partial charge in [0.25, 0.3) is 5.79 Å². The van der Waals surface area contributed by atoms with Crippen molar-refractivity contribution in [1.29, 1.82) is 0 Å². The van der Waals surface area contributed by atoms with Crippen molar-refractivity contribution in [2.24, 2.45) is 0 Å². The second kappa shape index (κ2) is 7.57. The van der Waals surface area contributed by atoms with Crippen LogP contribution >= 0.6 is 0 Å². The maximum Gasteiger partial charge on any atom is 0.350 e. The Labute approximate surface area is 152 Å². The molecule has 1 aromatic rings. The molecule has 2 N–H and O–H groups in total. The Bertz CT molecular complexity index is 746. The molecule has 0 aromatic heterocycles. The van der Waals surface area contributed by atoms with Crippen LogP contribution in [0.4, 0.5) is 11.4 Å². The third kappa shape index (κ3) is 4.82. The summed E-state index contributed by atoms with van der Waals surface area (Å²) in [4.78, 5) is 37.6. The normalized spacial score (nSPS) is 16.0. The van der Waals surface area contributed by atoms with Gasteiger partial charge in [0.05, 0.1) is 6.54 Å². The van der Waals surface area contributed by atoms with Gasteiger partial charge in [-0.3, -0.25) is 4.79 Å². The third-order valence-electron chi connectivity index (χ3n) is 3.56. The summed E-state index contributed by atoms with van der Waals surface area (Å²) < 4.78 is 10.1. The first-order valence-corrected chi connectivity index (χ1v) is 8.06. The molecule has 1 fully saturated rings. The van der Waals surface area contributed by atoms with E-state index in [0.717, 1.165) is 5.56 Å². The molecule has 2 rings (SSSR count). The lowest BCUT2D eigenvalue weighted by atomic mass is 10.1. The Morgan fingerprint density at radius 3 is 2.31 bits per heavy atom. The fourth-order valence-corrected chi connectivity index (χ4v) is 2.33. The molecule has 1 amide bonds. The van der Waals surface area contributed by atoms with E-state index in [1.165, 1.54) is 20.0 Å². The molecule has 140 valence electrons. The standard InChI is InChI=1S/C18H23N3O5/c1-11-13(7-6-8-14(11)20-15(22)10-21(4)5)19-9-12-16(23)25-18(2,3)26-17(12)24/h6-9,19H,10H2,1-5H3,(H,20,22). The number of likely N-dealkylation sites (N-methyl/N-ethyl adjacent to an activating group) is 1. The van der Waals surface area contributed by atoms with Crippen LogP contribution in [0.15, 0.2) is 30.0 Å². The molecule has 0 aliphatic carbocycles. The minimum Gasteiger partial charge on any atom is -0.419 e. The molecule has 1 heterocycles. The first kappa shape index (κ1) is 19.5. The number of carbonyl (C=O) groups excluding carboxylic acids is 3. The molecule has 0 atom stereocenters. The van der Waals surface area contributed by atoms with Crippen LogP contribution in [-0.2, 0) is 23.9 Å². The molecule has 8 nitrogen and oxygen atoms in total. The predicted octanol–water partition coefficient (Wildman–Crippen LogP) is 1.63. The van der Waals surface area contributed by atoms with Crippen molar-refractivity contribution in [3.05, 3.63) is 35.5 Å². The van der Waals surface area contributed by atoms with Gasteiger partial charge in [0.1, 0.15) is 0 Å². The molecular weight excluding hydrogens is 338 g/mol. The smallest absolute Gasteiger partial charge is 0.350 e. The highest BCUT2D eigenvalue weighted by Crippen LogP contribution is 2.25. The van der Waals surface area contributed by atoms with E-state index in [4.69, 9.17) is 9.47 Å². The van der Waals surface area contributed by atoms with Crippen molar-refractivity contribution in [2.45, 2.75) is 26.6 Å². The molecule has 0 bridgehead atoms. The van der Waals surface area contributed by atoms with Gasteiger partial charge in [0.15, 0.2) is 5.57 Å². The second-order valence-electron chi connectivity index (χ2n) is 6.65. The monoisotopic (exact) mass is 361 g/mol. The topological polar surface area (TPSA) is 97.0 Å². The second-order valence-corrected chi connectivity index (χ2v) is 6.65. The largest absolute Gasteiger partial charge is 0.419 e. The summed E-state index contributed by atoms with van der Waals surface area (Å²) in [6.07, 6.45) is 1.24. The molecular formula is C18H23N3O5. The highest BCUT2D eigenvalue weighted by Gasteiger charge is 2.38. The van der Waals surface area contributed by atoms with E-state index < -0.39 is 17.7 Å². The molecule has 1 saturated heterocycles. The summed E-state index contributed by atoms with van der Waals surface area (Å²) in [5.41, 5.74) is 1.79. The minimum atomic E-state index is -1.28. The minimum absolute atomic E-state index is 0.143. The van der Waals surface area contributed by atoms with Gasteiger partial charge >= 0.3 is 11.9 Å². The van der Waals surface area contributed by atoms with Gasteiger partial charge in [0, 0.05) is 31.4 Å². The van der Waals surface area contributed by atoms with E-state index in [2.05, 4.69) is 10.6 Å². The lowest BCUT2D eigenvalue weighted by molar-refractivity contribution is -0.222. The van der Waals surface area contributed by atoms with E-state index in [-0.39, 0.29) is 18.0 Å². The van der Waals surface area contributed by atoms with Crippen LogP contribution < -0.4 is 10.6 Å². The maximum atomic E-state index is 11.9. The van der Waals surface area contributed by atoms with E-state index in [1.807, 2.05) is 6.92 Å². The van der Waals surface area contributed by atoms with Crippen LogP contribution in [0.3, 0.4) is 0 Å². The number of rotatable bonds is 5. The number of nitrogens with zero attached hydrogens (tertiary/aromatic N) is 1. The fourth-order valence-electron chi connectivity index (χ4n) is 2.33. The summed E-state index contributed by atoms with van der Waals surface area (Å²) in [5, 5.41) is 5.72. The van der Waals surface area contributed by atoms with Crippen molar-refractivity contribution in [1.82, 2.24) is 4.90 Å². The molecule has 26 heavy (non-hydrogen) atoms. The number of benzene rings is 1.